The van der Waals surface area contributed by atoms with Gasteiger partial charge in [-0.15, -0.1) is 0 Å². The molecule has 5 heteroatoms. The fourth-order valence-corrected chi connectivity index (χ4v) is 1.43. The summed E-state index contributed by atoms with van der Waals surface area (Å²) in [7, 11) is 0. The van der Waals surface area contributed by atoms with Gasteiger partial charge in [-0.25, -0.2) is 4.98 Å². The zero-order chi connectivity index (χ0) is 10.8. The number of carbonyl (C=O) groups excluding carboxylic acids is 1. The molecule has 0 amide bonds. The van der Waals surface area contributed by atoms with Crippen molar-refractivity contribution < 1.29 is 4.79 Å². The molecule has 0 saturated heterocycles. The van der Waals surface area contributed by atoms with Gasteiger partial charge in [-0.2, -0.15) is 0 Å². The van der Waals surface area contributed by atoms with E-state index in [1.54, 1.807) is 18.3 Å². The van der Waals surface area contributed by atoms with Gasteiger partial charge < -0.3 is 9.97 Å². The number of imidazole rings is 1. The van der Waals surface area contributed by atoms with Crippen LogP contribution in [0.3, 0.4) is 0 Å². The van der Waals surface area contributed by atoms with E-state index >= 15 is 0 Å². The minimum Gasteiger partial charge on any atom is -0.337 e. The second-order valence-electron chi connectivity index (χ2n) is 3.15. The van der Waals surface area contributed by atoms with Gasteiger partial charge in [-0.1, -0.05) is 6.07 Å². The van der Waals surface area contributed by atoms with Crippen molar-refractivity contribution in [2.75, 3.05) is 0 Å². The van der Waals surface area contributed by atoms with Gasteiger partial charge in [0, 0.05) is 11.9 Å². The van der Waals surface area contributed by atoms with Gasteiger partial charge in [0.15, 0.2) is 4.77 Å². The summed E-state index contributed by atoms with van der Waals surface area (Å²) in [5.41, 5.74) is 1.66. The molecular weight excluding hydrogens is 210 g/mol. The summed E-state index contributed by atoms with van der Waals surface area (Å²) in [4.78, 5) is 21.5. The number of rotatable bonds is 2. The molecule has 76 valence electrons. The standard InChI is InChI=1S/C10H9N3OS/c1-6-3-2-4-7(12-6)9(14)8-5-11-10(15)13-8/h2-5H,1H3,(H2,11,13,15). The van der Waals surface area contributed by atoms with Crippen LogP contribution in [-0.4, -0.2) is 20.7 Å². The molecular formula is C10H9N3OS. The smallest absolute Gasteiger partial charge is 0.229 e. The van der Waals surface area contributed by atoms with Crippen molar-refractivity contribution in [2.45, 2.75) is 6.92 Å². The van der Waals surface area contributed by atoms with Crippen LogP contribution in [0.25, 0.3) is 0 Å². The molecule has 2 aromatic heterocycles. The molecule has 0 unspecified atom stereocenters. The Bertz CT molecular complexity index is 556. The Morgan fingerprint density at radius 2 is 2.27 bits per heavy atom. The fourth-order valence-electron chi connectivity index (χ4n) is 1.26. The number of aromatic amines is 2. The number of nitrogens with one attached hydrogen (secondary N) is 2. The SMILES string of the molecule is Cc1cccc(C(=O)c2c[nH]c(=S)[nH]2)n1. The molecule has 0 aliphatic heterocycles. The summed E-state index contributed by atoms with van der Waals surface area (Å²) in [5.74, 6) is -0.161. The van der Waals surface area contributed by atoms with Crippen molar-refractivity contribution in [3.63, 3.8) is 0 Å². The van der Waals surface area contributed by atoms with E-state index in [4.69, 9.17) is 12.2 Å². The van der Waals surface area contributed by atoms with Crippen molar-refractivity contribution in [2.24, 2.45) is 0 Å². The highest BCUT2D eigenvalue weighted by Crippen LogP contribution is 2.05. The second kappa shape index (κ2) is 3.78. The number of hydrogen-bond donors (Lipinski definition) is 2. The number of aromatic nitrogens is 3. The molecule has 0 atom stereocenters. The van der Waals surface area contributed by atoms with Crippen LogP contribution in [0.2, 0.25) is 0 Å². The highest BCUT2D eigenvalue weighted by molar-refractivity contribution is 7.71. The molecule has 0 aliphatic rings. The van der Waals surface area contributed by atoms with Crippen molar-refractivity contribution in [3.8, 4) is 0 Å². The maximum atomic E-state index is 11.9. The third kappa shape index (κ3) is 2.02. The molecule has 0 fully saturated rings. The molecule has 0 spiro atoms. The van der Waals surface area contributed by atoms with Crippen LogP contribution in [0.1, 0.15) is 21.9 Å². The summed E-state index contributed by atoms with van der Waals surface area (Å²) in [5, 5.41) is 0. The molecule has 2 aromatic rings. The third-order valence-electron chi connectivity index (χ3n) is 1.96. The summed E-state index contributed by atoms with van der Waals surface area (Å²) < 4.78 is 0.436. The number of pyridine rings is 1. The highest BCUT2D eigenvalue weighted by Gasteiger charge is 2.11. The largest absolute Gasteiger partial charge is 0.337 e. The molecule has 2 rings (SSSR count). The van der Waals surface area contributed by atoms with E-state index < -0.39 is 0 Å². The van der Waals surface area contributed by atoms with Gasteiger partial charge in [-0.3, -0.25) is 4.79 Å². The van der Waals surface area contributed by atoms with Crippen LogP contribution < -0.4 is 0 Å². The zero-order valence-corrected chi connectivity index (χ0v) is 8.89. The van der Waals surface area contributed by atoms with Crippen molar-refractivity contribution in [1.82, 2.24) is 15.0 Å². The van der Waals surface area contributed by atoms with Crippen LogP contribution in [0.5, 0.6) is 0 Å². The van der Waals surface area contributed by atoms with E-state index in [2.05, 4.69) is 15.0 Å². The zero-order valence-electron chi connectivity index (χ0n) is 8.07. The number of nitrogens with zero attached hydrogens (tertiary/aromatic N) is 1. The van der Waals surface area contributed by atoms with Crippen LogP contribution in [0.15, 0.2) is 24.4 Å². The van der Waals surface area contributed by atoms with Crippen LogP contribution in [-0.2, 0) is 0 Å². The Morgan fingerprint density at radius 3 is 2.87 bits per heavy atom. The van der Waals surface area contributed by atoms with E-state index in [1.165, 1.54) is 0 Å². The first-order valence-electron chi connectivity index (χ1n) is 4.43. The van der Waals surface area contributed by atoms with Gasteiger partial charge >= 0.3 is 0 Å². The first-order chi connectivity index (χ1) is 7.16. The van der Waals surface area contributed by atoms with E-state index in [0.29, 0.717) is 16.2 Å². The number of ketones is 1. The molecule has 0 radical (unpaired) electrons. The predicted octanol–water partition coefficient (Wildman–Crippen LogP) is 2.01. The Hall–Kier alpha value is -1.75. The van der Waals surface area contributed by atoms with Crippen molar-refractivity contribution in [1.29, 1.82) is 0 Å². The van der Waals surface area contributed by atoms with Crippen molar-refractivity contribution >= 4 is 18.0 Å². The van der Waals surface area contributed by atoms with Gasteiger partial charge in [0.25, 0.3) is 0 Å². The molecule has 0 aromatic carbocycles. The van der Waals surface area contributed by atoms with Gasteiger partial charge in [0.2, 0.25) is 5.78 Å². The number of aryl methyl sites for hydroxylation is 1. The highest BCUT2D eigenvalue weighted by atomic mass is 32.1. The Labute approximate surface area is 91.4 Å². The first-order valence-corrected chi connectivity index (χ1v) is 4.84. The fraction of sp³-hybridized carbons (Fsp3) is 0.100. The first kappa shape index (κ1) is 9.79. The Morgan fingerprint density at radius 1 is 1.47 bits per heavy atom. The lowest BCUT2D eigenvalue weighted by molar-refractivity contribution is 0.103. The quantitative estimate of drug-likeness (QED) is 0.600. The molecule has 4 nitrogen and oxygen atoms in total. The predicted molar refractivity (Wildman–Crippen MR) is 58.4 cm³/mol. The van der Waals surface area contributed by atoms with Crippen LogP contribution in [0.4, 0.5) is 0 Å². The van der Waals surface area contributed by atoms with E-state index in [1.807, 2.05) is 13.0 Å². The topological polar surface area (TPSA) is 61.5 Å². The normalized spacial score (nSPS) is 10.2. The maximum Gasteiger partial charge on any atom is 0.229 e. The lowest BCUT2D eigenvalue weighted by Gasteiger charge is -1.97. The second-order valence-corrected chi connectivity index (χ2v) is 3.56. The maximum absolute atomic E-state index is 11.9. The van der Waals surface area contributed by atoms with Crippen LogP contribution >= 0.6 is 12.2 Å². The summed E-state index contributed by atoms with van der Waals surface area (Å²) in [6.45, 7) is 1.84. The van der Waals surface area contributed by atoms with E-state index in [-0.39, 0.29) is 5.78 Å². The number of hydrogen-bond acceptors (Lipinski definition) is 3. The lowest BCUT2D eigenvalue weighted by atomic mass is 10.2. The summed E-state index contributed by atoms with van der Waals surface area (Å²) >= 11 is 4.84. The number of carbonyl (C=O) groups is 1. The number of H-pyrrole nitrogens is 2. The van der Waals surface area contributed by atoms with Gasteiger partial charge in [-0.05, 0) is 31.3 Å². The average molecular weight is 219 g/mol. The van der Waals surface area contributed by atoms with E-state index in [9.17, 15) is 4.79 Å². The van der Waals surface area contributed by atoms with Crippen molar-refractivity contribution in [3.05, 3.63) is 46.2 Å². The van der Waals surface area contributed by atoms with E-state index in [0.717, 1.165) is 5.69 Å². The minimum atomic E-state index is -0.161. The van der Waals surface area contributed by atoms with Gasteiger partial charge in [0.05, 0.1) is 0 Å². The monoisotopic (exact) mass is 219 g/mol. The Balaban J connectivity index is 2.40. The molecule has 2 N–H and O–H groups in total. The third-order valence-corrected chi connectivity index (χ3v) is 2.18. The molecule has 15 heavy (non-hydrogen) atoms. The molecule has 0 aliphatic carbocycles. The minimum absolute atomic E-state index is 0.161. The Kier molecular flexibility index (Phi) is 2.47. The molecule has 0 bridgehead atoms. The molecule has 0 saturated carbocycles. The van der Waals surface area contributed by atoms with Crippen LogP contribution in [0, 0.1) is 11.7 Å². The molecule has 2 heterocycles. The average Bonchev–Trinajstić information content (AvgIpc) is 2.64. The summed E-state index contributed by atoms with van der Waals surface area (Å²) in [6.07, 6.45) is 1.55. The summed E-state index contributed by atoms with van der Waals surface area (Å²) in [6, 6.07) is 5.33. The lowest BCUT2D eigenvalue weighted by Crippen LogP contribution is -2.04. The van der Waals surface area contributed by atoms with Gasteiger partial charge in [0.1, 0.15) is 11.4 Å².